The third kappa shape index (κ3) is 2.81. The van der Waals surface area contributed by atoms with Gasteiger partial charge in [-0.15, -0.1) is 0 Å². The van der Waals surface area contributed by atoms with Crippen LogP contribution in [0.3, 0.4) is 0 Å². The molecule has 3 rings (SSSR count). The van der Waals surface area contributed by atoms with Gasteiger partial charge in [-0.05, 0) is 29.8 Å². The van der Waals surface area contributed by atoms with Crippen molar-refractivity contribution in [2.75, 3.05) is 10.6 Å². The van der Waals surface area contributed by atoms with E-state index in [1.807, 2.05) is 0 Å². The molecule has 22 heavy (non-hydrogen) atoms. The number of halogens is 2. The second-order valence-corrected chi connectivity index (χ2v) is 5.03. The lowest BCUT2D eigenvalue weighted by Gasteiger charge is -2.08. The molecule has 0 fully saturated rings. The third-order valence-electron chi connectivity index (χ3n) is 3.40. The van der Waals surface area contributed by atoms with E-state index in [1.165, 1.54) is 12.1 Å². The van der Waals surface area contributed by atoms with E-state index in [0.717, 1.165) is 17.3 Å². The van der Waals surface area contributed by atoms with Crippen LogP contribution in [0.25, 0.3) is 0 Å². The van der Waals surface area contributed by atoms with Crippen molar-refractivity contribution in [3.8, 4) is 0 Å². The molecule has 112 valence electrons. The summed E-state index contributed by atoms with van der Waals surface area (Å²) in [5, 5.41) is 5.30. The Labute approximate surface area is 125 Å². The molecule has 2 N–H and O–H groups in total. The highest BCUT2D eigenvalue weighted by Gasteiger charge is 2.18. The average molecular weight is 302 g/mol. The Morgan fingerprint density at radius 2 is 2.05 bits per heavy atom. The fourth-order valence-electron chi connectivity index (χ4n) is 2.37. The van der Waals surface area contributed by atoms with Crippen LogP contribution < -0.4 is 10.6 Å². The molecule has 2 amide bonds. The predicted octanol–water partition coefficient (Wildman–Crippen LogP) is 2.64. The SMILES string of the molecule is O=C(Cc1cccc(F)c1F)Nc1ccc2c(c1)CC(=O)N2. The average Bonchev–Trinajstić information content (AvgIpc) is 2.83. The Bertz CT molecular complexity index is 775. The summed E-state index contributed by atoms with van der Waals surface area (Å²) in [6.07, 6.45) is -0.00454. The van der Waals surface area contributed by atoms with Crippen LogP contribution in [-0.4, -0.2) is 11.8 Å². The molecular formula is C16H12F2N2O2. The van der Waals surface area contributed by atoms with E-state index < -0.39 is 17.5 Å². The third-order valence-corrected chi connectivity index (χ3v) is 3.40. The number of carbonyl (C=O) groups is 2. The first-order valence-corrected chi connectivity index (χ1v) is 6.68. The van der Waals surface area contributed by atoms with Crippen molar-refractivity contribution in [3.05, 3.63) is 59.2 Å². The fraction of sp³-hybridized carbons (Fsp3) is 0.125. The summed E-state index contributed by atoms with van der Waals surface area (Å²) in [4.78, 5) is 23.2. The predicted molar refractivity (Wildman–Crippen MR) is 77.5 cm³/mol. The normalized spacial score (nSPS) is 12.7. The maximum Gasteiger partial charge on any atom is 0.228 e. The van der Waals surface area contributed by atoms with Crippen LogP contribution >= 0.6 is 0 Å². The number of carbonyl (C=O) groups excluding carboxylic acids is 2. The van der Waals surface area contributed by atoms with E-state index in [2.05, 4.69) is 10.6 Å². The van der Waals surface area contributed by atoms with Gasteiger partial charge < -0.3 is 10.6 Å². The van der Waals surface area contributed by atoms with Crippen LogP contribution in [0.1, 0.15) is 11.1 Å². The summed E-state index contributed by atoms with van der Waals surface area (Å²) >= 11 is 0. The molecular weight excluding hydrogens is 290 g/mol. The summed E-state index contributed by atoms with van der Waals surface area (Å²) in [6, 6.07) is 8.74. The number of benzene rings is 2. The zero-order valence-electron chi connectivity index (χ0n) is 11.5. The zero-order valence-corrected chi connectivity index (χ0v) is 11.5. The molecule has 0 atom stereocenters. The lowest BCUT2D eigenvalue weighted by molar-refractivity contribution is -0.116. The number of anilines is 2. The van der Waals surface area contributed by atoms with Crippen LogP contribution in [0.15, 0.2) is 36.4 Å². The topological polar surface area (TPSA) is 58.2 Å². The van der Waals surface area contributed by atoms with Gasteiger partial charge in [-0.25, -0.2) is 8.78 Å². The second kappa shape index (κ2) is 5.55. The molecule has 2 aromatic carbocycles. The first-order chi connectivity index (χ1) is 10.5. The Kier molecular flexibility index (Phi) is 3.58. The van der Waals surface area contributed by atoms with Crippen molar-refractivity contribution in [3.63, 3.8) is 0 Å². The smallest absolute Gasteiger partial charge is 0.228 e. The quantitative estimate of drug-likeness (QED) is 0.915. The highest BCUT2D eigenvalue weighted by molar-refractivity contribution is 6.00. The van der Waals surface area contributed by atoms with Gasteiger partial charge in [0.2, 0.25) is 11.8 Å². The van der Waals surface area contributed by atoms with E-state index in [-0.39, 0.29) is 24.3 Å². The van der Waals surface area contributed by atoms with Crippen LogP contribution in [-0.2, 0) is 22.4 Å². The van der Waals surface area contributed by atoms with Gasteiger partial charge in [0.15, 0.2) is 11.6 Å². The van der Waals surface area contributed by atoms with Gasteiger partial charge in [-0.3, -0.25) is 9.59 Å². The molecule has 0 saturated heterocycles. The van der Waals surface area contributed by atoms with Crippen molar-refractivity contribution >= 4 is 23.2 Å². The summed E-state index contributed by atoms with van der Waals surface area (Å²) in [5.74, 6) is -2.55. The van der Waals surface area contributed by atoms with Gasteiger partial charge in [-0.1, -0.05) is 12.1 Å². The molecule has 6 heteroatoms. The Hall–Kier alpha value is -2.76. The first-order valence-electron chi connectivity index (χ1n) is 6.68. The molecule has 0 spiro atoms. The fourth-order valence-corrected chi connectivity index (χ4v) is 2.37. The van der Waals surface area contributed by atoms with E-state index in [4.69, 9.17) is 0 Å². The molecule has 0 unspecified atom stereocenters. The maximum atomic E-state index is 13.5. The van der Waals surface area contributed by atoms with Crippen molar-refractivity contribution in [2.24, 2.45) is 0 Å². The molecule has 0 radical (unpaired) electrons. The summed E-state index contributed by atoms with van der Waals surface area (Å²) in [5.41, 5.74) is 2.02. The molecule has 0 aromatic heterocycles. The van der Waals surface area contributed by atoms with E-state index in [9.17, 15) is 18.4 Å². The number of fused-ring (bicyclic) bond motifs is 1. The molecule has 0 aliphatic carbocycles. The van der Waals surface area contributed by atoms with Gasteiger partial charge in [0.25, 0.3) is 0 Å². The highest BCUT2D eigenvalue weighted by Crippen LogP contribution is 2.26. The summed E-state index contributed by atoms with van der Waals surface area (Å²) in [7, 11) is 0. The molecule has 1 heterocycles. The van der Waals surface area contributed by atoms with Crippen molar-refractivity contribution in [1.29, 1.82) is 0 Å². The molecule has 0 saturated carbocycles. The highest BCUT2D eigenvalue weighted by atomic mass is 19.2. The lowest BCUT2D eigenvalue weighted by Crippen LogP contribution is -2.15. The van der Waals surface area contributed by atoms with Crippen LogP contribution in [0.5, 0.6) is 0 Å². The van der Waals surface area contributed by atoms with Gasteiger partial charge in [-0.2, -0.15) is 0 Å². The van der Waals surface area contributed by atoms with E-state index >= 15 is 0 Å². The van der Waals surface area contributed by atoms with Crippen LogP contribution in [0, 0.1) is 11.6 Å². The van der Waals surface area contributed by atoms with Crippen molar-refractivity contribution in [2.45, 2.75) is 12.8 Å². The summed E-state index contributed by atoms with van der Waals surface area (Å²) < 4.78 is 26.6. The van der Waals surface area contributed by atoms with Crippen molar-refractivity contribution < 1.29 is 18.4 Å². The lowest BCUT2D eigenvalue weighted by atomic mass is 10.1. The number of rotatable bonds is 3. The minimum absolute atomic E-state index is 0.00416. The number of amides is 2. The molecule has 1 aliphatic rings. The number of hydrogen-bond donors (Lipinski definition) is 2. The monoisotopic (exact) mass is 302 g/mol. The van der Waals surface area contributed by atoms with Gasteiger partial charge >= 0.3 is 0 Å². The molecule has 4 nitrogen and oxygen atoms in total. The van der Waals surface area contributed by atoms with Gasteiger partial charge in [0.1, 0.15) is 0 Å². The summed E-state index contributed by atoms with van der Waals surface area (Å²) in [6.45, 7) is 0. The molecule has 0 bridgehead atoms. The van der Waals surface area contributed by atoms with E-state index in [1.54, 1.807) is 18.2 Å². The second-order valence-electron chi connectivity index (χ2n) is 5.03. The number of nitrogens with one attached hydrogen (secondary N) is 2. The van der Waals surface area contributed by atoms with Crippen molar-refractivity contribution in [1.82, 2.24) is 0 Å². The van der Waals surface area contributed by atoms with Gasteiger partial charge in [0.05, 0.1) is 12.8 Å². The molecule has 1 aliphatic heterocycles. The van der Waals surface area contributed by atoms with E-state index in [0.29, 0.717) is 5.69 Å². The van der Waals surface area contributed by atoms with Crippen LogP contribution in [0.2, 0.25) is 0 Å². The van der Waals surface area contributed by atoms with Gasteiger partial charge in [0, 0.05) is 16.9 Å². The minimum atomic E-state index is -1.01. The standard InChI is InChI=1S/C16H12F2N2O2/c17-12-3-1-2-9(16(12)18)7-14(21)19-11-4-5-13-10(6-11)8-15(22)20-13/h1-6H,7-8H2,(H,19,21)(H,20,22). The Balaban J connectivity index is 1.71. The first kappa shape index (κ1) is 14.2. The Morgan fingerprint density at radius 1 is 1.23 bits per heavy atom. The van der Waals surface area contributed by atoms with Crippen LogP contribution in [0.4, 0.5) is 20.2 Å². The maximum absolute atomic E-state index is 13.5. The Morgan fingerprint density at radius 3 is 2.86 bits per heavy atom. The number of hydrogen-bond acceptors (Lipinski definition) is 2. The molecule has 2 aromatic rings. The zero-order chi connectivity index (χ0) is 15.7. The minimum Gasteiger partial charge on any atom is -0.326 e. The largest absolute Gasteiger partial charge is 0.326 e.